The van der Waals surface area contributed by atoms with Crippen LogP contribution >= 0.6 is 0 Å². The van der Waals surface area contributed by atoms with Gasteiger partial charge in [0.15, 0.2) is 0 Å². The van der Waals surface area contributed by atoms with E-state index in [0.29, 0.717) is 31.6 Å². The van der Waals surface area contributed by atoms with E-state index in [9.17, 15) is 14.4 Å². The Balaban J connectivity index is 1.42. The van der Waals surface area contributed by atoms with Gasteiger partial charge in [0.25, 0.3) is 5.91 Å². The van der Waals surface area contributed by atoms with Crippen LogP contribution in [0.15, 0.2) is 48.5 Å². The monoisotopic (exact) mass is 530 g/mol. The first-order chi connectivity index (χ1) is 18.8. The largest absolute Gasteiger partial charge is 0.379 e. The Morgan fingerprint density at radius 2 is 1.85 bits per heavy atom. The maximum atomic E-state index is 14.0. The van der Waals surface area contributed by atoms with E-state index in [1.165, 1.54) is 0 Å². The molecule has 39 heavy (non-hydrogen) atoms. The summed E-state index contributed by atoms with van der Waals surface area (Å²) in [5.74, 6) is -0.746. The zero-order valence-electron chi connectivity index (χ0n) is 23.1. The Morgan fingerprint density at radius 3 is 2.62 bits per heavy atom. The molecule has 3 aromatic rings. The molecular formula is C31H38N4O4. The summed E-state index contributed by atoms with van der Waals surface area (Å²) in [5, 5.41) is 7.06. The van der Waals surface area contributed by atoms with E-state index in [2.05, 4.69) is 21.7 Å². The number of ether oxygens (including phenoxy) is 1. The number of hydrogen-bond donors (Lipinski definition) is 3. The second-order valence-corrected chi connectivity index (χ2v) is 10.9. The van der Waals surface area contributed by atoms with E-state index < -0.39 is 12.1 Å². The number of nitrogens with one attached hydrogen (secondary N) is 3. The number of benzene rings is 2. The van der Waals surface area contributed by atoms with Gasteiger partial charge in [-0.2, -0.15) is 0 Å². The summed E-state index contributed by atoms with van der Waals surface area (Å²) in [6, 6.07) is 13.8. The van der Waals surface area contributed by atoms with Gasteiger partial charge in [0.1, 0.15) is 12.1 Å². The Morgan fingerprint density at radius 1 is 1.10 bits per heavy atom. The summed E-state index contributed by atoms with van der Waals surface area (Å²) in [6.45, 7) is 8.95. The predicted molar refractivity (Wildman–Crippen MR) is 150 cm³/mol. The number of carbonyl (C=O) groups excluding carboxylic acids is 3. The molecule has 0 spiro atoms. The van der Waals surface area contributed by atoms with Gasteiger partial charge in [0.05, 0.1) is 12.1 Å². The molecule has 2 aliphatic heterocycles. The van der Waals surface area contributed by atoms with E-state index in [1.54, 1.807) is 4.90 Å². The number of hydrogen-bond acceptors (Lipinski definition) is 4. The normalized spacial score (nSPS) is 19.4. The van der Waals surface area contributed by atoms with Crippen molar-refractivity contribution in [2.75, 3.05) is 13.2 Å². The molecule has 2 aromatic carbocycles. The van der Waals surface area contributed by atoms with Crippen molar-refractivity contribution < 1.29 is 19.1 Å². The lowest BCUT2D eigenvalue weighted by Gasteiger charge is -2.38. The van der Waals surface area contributed by atoms with Gasteiger partial charge < -0.3 is 25.3 Å². The zero-order chi connectivity index (χ0) is 27.7. The van der Waals surface area contributed by atoms with E-state index in [4.69, 9.17) is 4.74 Å². The van der Waals surface area contributed by atoms with E-state index in [0.717, 1.165) is 34.1 Å². The fourth-order valence-corrected chi connectivity index (χ4v) is 5.80. The van der Waals surface area contributed by atoms with E-state index in [-0.39, 0.29) is 35.8 Å². The standard InChI is InChI=1S/C31H38N4O4/c1-5-19(4)26(30(37)32-15-10-16-39-18(2)3)34-29(36)25-17-23-20-11-8-9-14-24(20)33-27(23)28-21-12-6-7-13-22(21)31(38)35(25)28/h6-9,11-14,18-19,25-26,28,33H,5,10,15-17H2,1-4H3,(H,32,37)(H,34,36)/t19-,25-,26-,28-/m0/s1. The number of carbonyl (C=O) groups is 3. The van der Waals surface area contributed by atoms with Crippen LogP contribution in [0.1, 0.15) is 73.8 Å². The minimum absolute atomic E-state index is 0.0737. The van der Waals surface area contributed by atoms with E-state index >= 15 is 0 Å². The van der Waals surface area contributed by atoms with E-state index in [1.807, 2.05) is 70.2 Å². The Labute approximate surface area is 229 Å². The average molecular weight is 531 g/mol. The third kappa shape index (κ3) is 5.05. The van der Waals surface area contributed by atoms with Gasteiger partial charge in [-0.05, 0) is 49.4 Å². The molecule has 5 rings (SSSR count). The van der Waals surface area contributed by atoms with Crippen molar-refractivity contribution in [3.8, 4) is 0 Å². The molecule has 0 saturated heterocycles. The number of amides is 3. The maximum Gasteiger partial charge on any atom is 0.255 e. The van der Waals surface area contributed by atoms with Crippen LogP contribution in [0.2, 0.25) is 0 Å². The fourth-order valence-electron chi connectivity index (χ4n) is 5.80. The lowest BCUT2D eigenvalue weighted by atomic mass is 9.89. The highest BCUT2D eigenvalue weighted by molar-refractivity contribution is 6.04. The highest BCUT2D eigenvalue weighted by atomic mass is 16.5. The number of rotatable bonds is 10. The second kappa shape index (κ2) is 11.2. The lowest BCUT2D eigenvalue weighted by molar-refractivity contribution is -0.133. The molecule has 0 unspecified atom stereocenters. The first-order valence-electron chi connectivity index (χ1n) is 14.0. The van der Waals surface area contributed by atoms with Crippen LogP contribution in [0.5, 0.6) is 0 Å². The Hall–Kier alpha value is -3.65. The van der Waals surface area contributed by atoms with Crippen molar-refractivity contribution in [2.24, 2.45) is 5.92 Å². The minimum Gasteiger partial charge on any atom is -0.379 e. The highest BCUT2D eigenvalue weighted by Gasteiger charge is 2.49. The molecule has 4 atom stereocenters. The van der Waals surface area contributed by atoms with Gasteiger partial charge in [0, 0.05) is 41.7 Å². The second-order valence-electron chi connectivity index (χ2n) is 10.9. The molecule has 1 aromatic heterocycles. The average Bonchev–Trinajstić information content (AvgIpc) is 3.45. The number of para-hydroxylation sites is 1. The van der Waals surface area contributed by atoms with Gasteiger partial charge in [0.2, 0.25) is 11.8 Å². The van der Waals surface area contributed by atoms with Crippen LogP contribution in [0.25, 0.3) is 10.9 Å². The summed E-state index contributed by atoms with van der Waals surface area (Å²) in [6.07, 6.45) is 1.94. The quantitative estimate of drug-likeness (QED) is 0.344. The molecule has 0 bridgehead atoms. The van der Waals surface area contributed by atoms with Crippen molar-refractivity contribution >= 4 is 28.6 Å². The molecule has 3 amide bonds. The summed E-state index contributed by atoms with van der Waals surface area (Å²) < 4.78 is 5.56. The molecule has 3 N–H and O–H groups in total. The summed E-state index contributed by atoms with van der Waals surface area (Å²) in [7, 11) is 0. The fraction of sp³-hybridized carbons (Fsp3) is 0.452. The number of fused-ring (bicyclic) bond motifs is 7. The topological polar surface area (TPSA) is 104 Å². The molecular weight excluding hydrogens is 492 g/mol. The lowest BCUT2D eigenvalue weighted by Crippen LogP contribution is -2.58. The van der Waals surface area contributed by atoms with Crippen LogP contribution in [-0.2, 0) is 20.7 Å². The third-order valence-electron chi connectivity index (χ3n) is 8.02. The first kappa shape index (κ1) is 26.9. The summed E-state index contributed by atoms with van der Waals surface area (Å²) >= 11 is 0. The van der Waals surface area contributed by atoms with Crippen LogP contribution in [0.3, 0.4) is 0 Å². The highest BCUT2D eigenvalue weighted by Crippen LogP contribution is 2.46. The van der Waals surface area contributed by atoms with Crippen molar-refractivity contribution in [1.82, 2.24) is 20.5 Å². The number of nitrogens with zero attached hydrogens (tertiary/aromatic N) is 1. The molecule has 0 radical (unpaired) electrons. The Bertz CT molecular complexity index is 1380. The van der Waals surface area contributed by atoms with Crippen LogP contribution in [-0.4, -0.2) is 58.9 Å². The Kier molecular flexibility index (Phi) is 7.75. The molecule has 8 heteroatoms. The number of aromatic nitrogens is 1. The number of aromatic amines is 1. The smallest absolute Gasteiger partial charge is 0.255 e. The molecule has 2 aliphatic rings. The number of H-pyrrole nitrogens is 1. The van der Waals surface area contributed by atoms with Crippen LogP contribution in [0, 0.1) is 5.92 Å². The van der Waals surface area contributed by atoms with Crippen LogP contribution < -0.4 is 10.6 Å². The van der Waals surface area contributed by atoms with Crippen molar-refractivity contribution in [2.45, 2.75) is 71.2 Å². The first-order valence-corrected chi connectivity index (χ1v) is 14.0. The minimum atomic E-state index is -0.736. The molecule has 0 aliphatic carbocycles. The van der Waals surface area contributed by atoms with Gasteiger partial charge in [-0.1, -0.05) is 56.7 Å². The summed E-state index contributed by atoms with van der Waals surface area (Å²) in [4.78, 5) is 46.1. The van der Waals surface area contributed by atoms with Gasteiger partial charge in [-0.25, -0.2) is 0 Å². The van der Waals surface area contributed by atoms with Crippen LogP contribution in [0.4, 0.5) is 0 Å². The third-order valence-corrected chi connectivity index (χ3v) is 8.02. The molecule has 8 nitrogen and oxygen atoms in total. The zero-order valence-corrected chi connectivity index (χ0v) is 23.1. The molecule has 3 heterocycles. The predicted octanol–water partition coefficient (Wildman–Crippen LogP) is 4.10. The van der Waals surface area contributed by atoms with Crippen molar-refractivity contribution in [1.29, 1.82) is 0 Å². The maximum absolute atomic E-state index is 14.0. The van der Waals surface area contributed by atoms with Crippen molar-refractivity contribution in [3.63, 3.8) is 0 Å². The molecule has 0 saturated carbocycles. The van der Waals surface area contributed by atoms with Gasteiger partial charge in [-0.3, -0.25) is 14.4 Å². The summed E-state index contributed by atoms with van der Waals surface area (Å²) in [5.41, 5.74) is 4.50. The van der Waals surface area contributed by atoms with Gasteiger partial charge >= 0.3 is 0 Å². The van der Waals surface area contributed by atoms with Gasteiger partial charge in [-0.15, -0.1) is 0 Å². The molecule has 0 fully saturated rings. The molecule has 206 valence electrons. The van der Waals surface area contributed by atoms with Crippen molar-refractivity contribution in [3.05, 3.63) is 70.9 Å². The SMILES string of the molecule is CC[C@H](C)[C@H](NC(=O)[C@@H]1Cc2c([nH]c3ccccc23)[C@@H]2c3ccccc3C(=O)N21)C(=O)NCCCOC(C)C.